The minimum absolute atomic E-state index is 0.348. The van der Waals surface area contributed by atoms with Crippen LogP contribution in [0.2, 0.25) is 5.02 Å². The maximum Gasteiger partial charge on any atom is 0.313 e. The van der Waals surface area contributed by atoms with Crippen LogP contribution in [-0.4, -0.2) is 32.0 Å². The maximum atomic E-state index is 12.2. The van der Waals surface area contributed by atoms with E-state index in [1.165, 1.54) is 30.0 Å². The summed E-state index contributed by atoms with van der Waals surface area (Å²) >= 11 is 5.96. The number of benzene rings is 3. The van der Waals surface area contributed by atoms with E-state index >= 15 is 0 Å². The summed E-state index contributed by atoms with van der Waals surface area (Å²) in [4.78, 5) is 26.8. The van der Waals surface area contributed by atoms with Crippen LogP contribution in [0.4, 0.5) is 11.4 Å². The van der Waals surface area contributed by atoms with Gasteiger partial charge in [0.25, 0.3) is 0 Å². The van der Waals surface area contributed by atoms with Gasteiger partial charge >= 0.3 is 11.8 Å². The third-order valence-corrected chi connectivity index (χ3v) is 5.98. The Balaban J connectivity index is 1.26. The van der Waals surface area contributed by atoms with Crippen molar-refractivity contribution >= 4 is 34.8 Å². The van der Waals surface area contributed by atoms with E-state index in [4.69, 9.17) is 16.3 Å². The van der Waals surface area contributed by atoms with E-state index < -0.39 is 11.8 Å². The van der Waals surface area contributed by atoms with E-state index in [1.807, 2.05) is 0 Å². The van der Waals surface area contributed by atoms with Crippen LogP contribution < -0.4 is 20.3 Å². The van der Waals surface area contributed by atoms with Gasteiger partial charge in [0, 0.05) is 30.3 Å². The number of nitrogens with zero attached hydrogens (tertiary/aromatic N) is 1. The number of rotatable bonds is 6. The second-order valence-electron chi connectivity index (χ2n) is 7.91. The number of amides is 2. The second kappa shape index (κ2) is 10.4. The fraction of sp³-hybridized carbons (Fsp3) is 0.231. The fourth-order valence-electron chi connectivity index (χ4n) is 3.95. The molecule has 0 atom stereocenters. The van der Waals surface area contributed by atoms with Crippen LogP contribution in [-0.2, 0) is 29.0 Å². The SMILES string of the molecule is COc1ccc(Cl)cc1NC(=O)C(=O)NCCc1ccc(N2CCc3ccccc3C2)cc1. The molecule has 0 aromatic heterocycles. The molecule has 170 valence electrons. The molecule has 2 N–H and O–H groups in total. The molecule has 4 rings (SSSR count). The van der Waals surface area contributed by atoms with Crippen molar-refractivity contribution in [1.82, 2.24) is 5.32 Å². The van der Waals surface area contributed by atoms with Crippen molar-refractivity contribution < 1.29 is 14.3 Å². The molecule has 2 amide bonds. The highest BCUT2D eigenvalue weighted by molar-refractivity contribution is 6.40. The smallest absolute Gasteiger partial charge is 0.313 e. The molecule has 6 nitrogen and oxygen atoms in total. The van der Waals surface area contributed by atoms with Gasteiger partial charge < -0.3 is 20.3 Å². The number of halogens is 1. The monoisotopic (exact) mass is 463 g/mol. The molecule has 1 aliphatic heterocycles. The van der Waals surface area contributed by atoms with Crippen molar-refractivity contribution in [2.75, 3.05) is 30.4 Å². The Bertz CT molecular complexity index is 1150. The third kappa shape index (κ3) is 5.65. The van der Waals surface area contributed by atoms with E-state index in [-0.39, 0.29) is 0 Å². The molecule has 0 radical (unpaired) electrons. The number of hydrogen-bond acceptors (Lipinski definition) is 4. The third-order valence-electron chi connectivity index (χ3n) is 5.75. The largest absolute Gasteiger partial charge is 0.495 e. The molecule has 0 fully saturated rings. The van der Waals surface area contributed by atoms with Crippen molar-refractivity contribution in [3.63, 3.8) is 0 Å². The number of nitrogens with one attached hydrogen (secondary N) is 2. The summed E-state index contributed by atoms with van der Waals surface area (Å²) in [5, 5.41) is 5.63. The predicted molar refractivity (Wildman–Crippen MR) is 131 cm³/mol. The zero-order chi connectivity index (χ0) is 23.2. The highest BCUT2D eigenvalue weighted by Gasteiger charge is 2.17. The van der Waals surface area contributed by atoms with Gasteiger partial charge in [-0.15, -0.1) is 0 Å². The van der Waals surface area contributed by atoms with E-state index in [0.717, 1.165) is 25.1 Å². The molecule has 0 saturated heterocycles. The fourth-order valence-corrected chi connectivity index (χ4v) is 4.12. The number of anilines is 2. The Hall–Kier alpha value is -3.51. The van der Waals surface area contributed by atoms with Gasteiger partial charge in [0.05, 0.1) is 12.8 Å². The van der Waals surface area contributed by atoms with Crippen LogP contribution in [0.25, 0.3) is 0 Å². The van der Waals surface area contributed by atoms with Gasteiger partial charge in [0.2, 0.25) is 0 Å². The zero-order valence-electron chi connectivity index (χ0n) is 18.4. The van der Waals surface area contributed by atoms with Crippen molar-refractivity contribution in [1.29, 1.82) is 0 Å². The topological polar surface area (TPSA) is 70.7 Å². The van der Waals surface area contributed by atoms with E-state index in [1.54, 1.807) is 12.1 Å². The summed E-state index contributed by atoms with van der Waals surface area (Å²) < 4.78 is 5.18. The van der Waals surface area contributed by atoms with E-state index in [9.17, 15) is 9.59 Å². The van der Waals surface area contributed by atoms with Crippen LogP contribution in [0.1, 0.15) is 16.7 Å². The average molecular weight is 464 g/mol. The first-order valence-electron chi connectivity index (χ1n) is 10.9. The number of carbonyl (C=O) groups is 2. The molecule has 1 aliphatic rings. The van der Waals surface area contributed by atoms with Gasteiger partial charge in [-0.05, 0) is 59.9 Å². The first kappa shape index (κ1) is 22.7. The Kier molecular flexibility index (Phi) is 7.15. The summed E-state index contributed by atoms with van der Waals surface area (Å²) in [6.45, 7) is 2.27. The van der Waals surface area contributed by atoms with Gasteiger partial charge in [0.15, 0.2) is 0 Å². The maximum absolute atomic E-state index is 12.2. The molecule has 0 bridgehead atoms. The molecule has 3 aromatic carbocycles. The summed E-state index contributed by atoms with van der Waals surface area (Å²) in [5.41, 5.74) is 5.43. The lowest BCUT2D eigenvalue weighted by molar-refractivity contribution is -0.136. The van der Waals surface area contributed by atoms with Gasteiger partial charge in [-0.25, -0.2) is 0 Å². The lowest BCUT2D eigenvalue weighted by atomic mass is 9.99. The first-order chi connectivity index (χ1) is 16.0. The number of hydrogen-bond donors (Lipinski definition) is 2. The van der Waals surface area contributed by atoms with Crippen molar-refractivity contribution in [3.05, 3.63) is 88.4 Å². The Labute approximate surface area is 198 Å². The first-order valence-corrected chi connectivity index (χ1v) is 11.2. The molecule has 7 heteroatoms. The quantitative estimate of drug-likeness (QED) is 0.537. The highest BCUT2D eigenvalue weighted by Crippen LogP contribution is 2.27. The minimum Gasteiger partial charge on any atom is -0.495 e. The summed E-state index contributed by atoms with van der Waals surface area (Å²) in [5.74, 6) is -1.05. The van der Waals surface area contributed by atoms with Crippen LogP contribution >= 0.6 is 11.6 Å². The van der Waals surface area contributed by atoms with Crippen molar-refractivity contribution in [2.45, 2.75) is 19.4 Å². The molecular weight excluding hydrogens is 438 g/mol. The molecule has 3 aromatic rings. The molecule has 1 heterocycles. The molecule has 0 saturated carbocycles. The van der Waals surface area contributed by atoms with E-state index in [0.29, 0.717) is 29.4 Å². The molecule has 0 aliphatic carbocycles. The summed E-state index contributed by atoms with van der Waals surface area (Å²) in [6.07, 6.45) is 1.68. The normalized spacial score (nSPS) is 12.6. The Morgan fingerprint density at radius 2 is 1.76 bits per heavy atom. The summed E-state index contributed by atoms with van der Waals surface area (Å²) in [6, 6.07) is 21.8. The van der Waals surface area contributed by atoms with Gasteiger partial charge in [-0.2, -0.15) is 0 Å². The predicted octanol–water partition coefficient (Wildman–Crippen LogP) is 4.21. The number of fused-ring (bicyclic) bond motifs is 1. The van der Waals surface area contributed by atoms with Crippen molar-refractivity contribution in [3.8, 4) is 5.75 Å². The molecular formula is C26H26ClN3O3. The second-order valence-corrected chi connectivity index (χ2v) is 8.35. The lowest BCUT2D eigenvalue weighted by Gasteiger charge is -2.30. The summed E-state index contributed by atoms with van der Waals surface area (Å²) in [7, 11) is 1.48. The van der Waals surface area contributed by atoms with Crippen LogP contribution in [0, 0.1) is 0 Å². The Morgan fingerprint density at radius 3 is 2.52 bits per heavy atom. The zero-order valence-corrected chi connectivity index (χ0v) is 19.2. The molecule has 0 unspecified atom stereocenters. The highest BCUT2D eigenvalue weighted by atomic mass is 35.5. The van der Waals surface area contributed by atoms with Gasteiger partial charge in [0.1, 0.15) is 5.75 Å². The number of methoxy groups -OCH3 is 1. The molecule has 33 heavy (non-hydrogen) atoms. The lowest BCUT2D eigenvalue weighted by Crippen LogP contribution is -2.36. The molecule has 0 spiro atoms. The Morgan fingerprint density at radius 1 is 1.00 bits per heavy atom. The van der Waals surface area contributed by atoms with Crippen molar-refractivity contribution in [2.24, 2.45) is 0 Å². The van der Waals surface area contributed by atoms with Gasteiger partial charge in [-0.1, -0.05) is 48.0 Å². The standard InChI is InChI=1S/C26H26ClN3O3/c1-33-24-11-8-21(27)16-23(24)29-26(32)25(31)28-14-12-18-6-9-22(10-7-18)30-15-13-19-4-2-3-5-20(19)17-30/h2-11,16H,12-15,17H2,1H3,(H,28,31)(H,29,32). The van der Waals surface area contributed by atoms with Crippen LogP contribution in [0.5, 0.6) is 5.75 Å². The number of ether oxygens (including phenoxy) is 1. The van der Waals surface area contributed by atoms with Crippen LogP contribution in [0.3, 0.4) is 0 Å². The van der Waals surface area contributed by atoms with Crippen LogP contribution in [0.15, 0.2) is 66.7 Å². The van der Waals surface area contributed by atoms with Gasteiger partial charge in [-0.3, -0.25) is 9.59 Å². The van der Waals surface area contributed by atoms with E-state index in [2.05, 4.69) is 64.1 Å². The average Bonchev–Trinajstić information content (AvgIpc) is 2.84. The minimum atomic E-state index is -0.767. The number of carbonyl (C=O) groups excluding carboxylic acids is 2.